The lowest BCUT2D eigenvalue weighted by Gasteiger charge is -2.16. The first-order valence-corrected chi connectivity index (χ1v) is 5.38. The summed E-state index contributed by atoms with van der Waals surface area (Å²) in [6, 6.07) is 6.06. The molecule has 0 bridgehead atoms. The predicted molar refractivity (Wildman–Crippen MR) is 60.1 cm³/mol. The smallest absolute Gasteiger partial charge is 0.122 e. The van der Waals surface area contributed by atoms with Crippen molar-refractivity contribution in [3.05, 3.63) is 35.2 Å². The second kappa shape index (κ2) is 4.23. The van der Waals surface area contributed by atoms with Crippen LogP contribution in [0.25, 0.3) is 0 Å². The third-order valence-electron chi connectivity index (χ3n) is 2.97. The second-order valence-electron chi connectivity index (χ2n) is 4.13. The molecule has 1 aromatic carbocycles. The molecule has 1 aliphatic carbocycles. The van der Waals surface area contributed by atoms with Crippen LogP contribution in [0.3, 0.4) is 0 Å². The molecule has 0 amide bonds. The van der Waals surface area contributed by atoms with Crippen LogP contribution < -0.4 is 4.74 Å². The van der Waals surface area contributed by atoms with Crippen LogP contribution in [0.1, 0.15) is 36.8 Å². The molecule has 0 aliphatic heterocycles. The molecule has 0 atom stereocenters. The first kappa shape index (κ1) is 10.5. The van der Waals surface area contributed by atoms with Gasteiger partial charge in [-0.15, -0.1) is 0 Å². The molecule has 1 saturated carbocycles. The molecule has 1 N–H and O–H groups in total. The van der Waals surface area contributed by atoms with Crippen LogP contribution >= 0.6 is 0 Å². The first-order chi connectivity index (χ1) is 7.27. The van der Waals surface area contributed by atoms with Crippen LogP contribution in [0.15, 0.2) is 18.2 Å². The quantitative estimate of drug-likeness (QED) is 0.818. The zero-order chi connectivity index (χ0) is 10.8. The molecule has 0 heterocycles. The van der Waals surface area contributed by atoms with Gasteiger partial charge in [0.2, 0.25) is 0 Å². The van der Waals surface area contributed by atoms with Gasteiger partial charge in [-0.25, -0.2) is 0 Å². The lowest BCUT2D eigenvalue weighted by atomic mass is 9.93. The van der Waals surface area contributed by atoms with Gasteiger partial charge in [0.05, 0.1) is 13.7 Å². The van der Waals surface area contributed by atoms with Crippen molar-refractivity contribution in [3.8, 4) is 5.75 Å². The molecular weight excluding hydrogens is 188 g/mol. The van der Waals surface area contributed by atoms with E-state index in [4.69, 9.17) is 4.74 Å². The second-order valence-corrected chi connectivity index (χ2v) is 4.13. The average molecular weight is 205 g/mol. The molecule has 1 aromatic rings. The van der Waals surface area contributed by atoms with E-state index < -0.39 is 0 Å². The molecule has 2 heteroatoms. The topological polar surface area (TPSA) is 29.5 Å². The molecule has 2 rings (SSSR count). The zero-order valence-electron chi connectivity index (χ0n) is 9.29. The fourth-order valence-corrected chi connectivity index (χ4v) is 1.97. The van der Waals surface area contributed by atoms with Gasteiger partial charge in [0.15, 0.2) is 0 Å². The minimum atomic E-state index is 0.118. The standard InChI is InChI=1S/C13H17O2/c1-9(8-14)11-4-3-5-12(15-2)13(11)10-6-7-10/h3-5,10,14H,6-8H2,1-2H3. The Balaban J connectivity index is 2.43. The Kier molecular flexibility index (Phi) is 2.96. The van der Waals surface area contributed by atoms with Gasteiger partial charge in [0.1, 0.15) is 5.75 Å². The van der Waals surface area contributed by atoms with E-state index in [1.54, 1.807) is 7.11 Å². The minimum absolute atomic E-state index is 0.118. The van der Waals surface area contributed by atoms with Crippen molar-refractivity contribution in [1.29, 1.82) is 0 Å². The molecule has 1 fully saturated rings. The minimum Gasteiger partial charge on any atom is -0.496 e. The van der Waals surface area contributed by atoms with Crippen LogP contribution in [0.2, 0.25) is 0 Å². The highest BCUT2D eigenvalue weighted by Gasteiger charge is 2.30. The van der Waals surface area contributed by atoms with E-state index in [0.717, 1.165) is 11.7 Å². The van der Waals surface area contributed by atoms with Gasteiger partial charge in [0, 0.05) is 11.5 Å². The maximum atomic E-state index is 9.20. The normalized spacial score (nSPS) is 15.7. The van der Waals surface area contributed by atoms with Gasteiger partial charge >= 0.3 is 0 Å². The van der Waals surface area contributed by atoms with Gasteiger partial charge < -0.3 is 9.84 Å². The Morgan fingerprint density at radius 1 is 1.47 bits per heavy atom. The molecule has 1 radical (unpaired) electrons. The third kappa shape index (κ3) is 2.00. The van der Waals surface area contributed by atoms with Gasteiger partial charge in [-0.1, -0.05) is 19.1 Å². The van der Waals surface area contributed by atoms with Gasteiger partial charge in [0.25, 0.3) is 0 Å². The Bertz CT molecular complexity index is 342. The predicted octanol–water partition coefficient (Wildman–Crippen LogP) is 2.51. The van der Waals surface area contributed by atoms with Gasteiger partial charge in [-0.3, -0.25) is 0 Å². The Hall–Kier alpha value is -1.02. The van der Waals surface area contributed by atoms with Crippen molar-refractivity contribution in [2.45, 2.75) is 25.7 Å². The van der Waals surface area contributed by atoms with E-state index in [9.17, 15) is 5.11 Å². The molecule has 0 spiro atoms. The van der Waals surface area contributed by atoms with E-state index >= 15 is 0 Å². The fraction of sp³-hybridized carbons (Fsp3) is 0.462. The summed E-state index contributed by atoms with van der Waals surface area (Å²) in [6.07, 6.45) is 2.48. The molecule has 0 aromatic heterocycles. The van der Waals surface area contributed by atoms with Crippen molar-refractivity contribution in [2.75, 3.05) is 13.7 Å². The molecule has 81 valence electrons. The number of benzene rings is 1. The number of hydrogen-bond acceptors (Lipinski definition) is 2. The van der Waals surface area contributed by atoms with Crippen molar-refractivity contribution >= 4 is 0 Å². The largest absolute Gasteiger partial charge is 0.496 e. The molecule has 1 aliphatic rings. The van der Waals surface area contributed by atoms with Crippen LogP contribution in [0.5, 0.6) is 5.75 Å². The Labute approximate surface area is 90.9 Å². The summed E-state index contributed by atoms with van der Waals surface area (Å²) in [5, 5.41) is 9.20. The highest BCUT2D eigenvalue weighted by atomic mass is 16.5. The molecule has 15 heavy (non-hydrogen) atoms. The van der Waals surface area contributed by atoms with Gasteiger partial charge in [-0.05, 0) is 30.4 Å². The Morgan fingerprint density at radius 2 is 2.20 bits per heavy atom. The molecular formula is C13H17O2. The summed E-state index contributed by atoms with van der Waals surface area (Å²) in [4.78, 5) is 0. The van der Waals surface area contributed by atoms with Crippen molar-refractivity contribution < 1.29 is 9.84 Å². The van der Waals surface area contributed by atoms with Crippen molar-refractivity contribution in [1.82, 2.24) is 0 Å². The van der Waals surface area contributed by atoms with Crippen LogP contribution in [-0.4, -0.2) is 18.8 Å². The highest BCUT2D eigenvalue weighted by molar-refractivity contribution is 5.50. The summed E-state index contributed by atoms with van der Waals surface area (Å²) < 4.78 is 5.39. The molecule has 0 unspecified atom stereocenters. The average Bonchev–Trinajstić information content (AvgIpc) is 3.10. The first-order valence-electron chi connectivity index (χ1n) is 5.38. The summed E-state index contributed by atoms with van der Waals surface area (Å²) in [6.45, 7) is 2.09. The summed E-state index contributed by atoms with van der Waals surface area (Å²) in [5.74, 6) is 2.62. The van der Waals surface area contributed by atoms with Crippen LogP contribution in [0.4, 0.5) is 0 Å². The maximum absolute atomic E-state index is 9.20. The molecule has 2 nitrogen and oxygen atoms in total. The van der Waals surface area contributed by atoms with E-state index in [0.29, 0.717) is 5.92 Å². The van der Waals surface area contributed by atoms with Crippen molar-refractivity contribution in [2.24, 2.45) is 0 Å². The van der Waals surface area contributed by atoms with Gasteiger partial charge in [-0.2, -0.15) is 0 Å². The van der Waals surface area contributed by atoms with E-state index in [2.05, 4.69) is 6.07 Å². The third-order valence-corrected chi connectivity index (χ3v) is 2.97. The number of rotatable bonds is 4. The fourth-order valence-electron chi connectivity index (χ4n) is 1.97. The molecule has 0 saturated heterocycles. The number of aliphatic hydroxyl groups excluding tert-OH is 1. The lowest BCUT2D eigenvalue weighted by molar-refractivity contribution is 0.314. The number of ether oxygens (including phenoxy) is 1. The van der Waals surface area contributed by atoms with Crippen LogP contribution in [-0.2, 0) is 0 Å². The van der Waals surface area contributed by atoms with E-state index in [-0.39, 0.29) is 6.61 Å². The Morgan fingerprint density at radius 3 is 2.73 bits per heavy atom. The van der Waals surface area contributed by atoms with Crippen molar-refractivity contribution in [3.63, 3.8) is 0 Å². The number of hydrogen-bond donors (Lipinski definition) is 1. The maximum Gasteiger partial charge on any atom is 0.122 e. The number of aliphatic hydroxyl groups is 1. The lowest BCUT2D eigenvalue weighted by Crippen LogP contribution is -2.05. The highest BCUT2D eigenvalue weighted by Crippen LogP contribution is 2.47. The SMILES string of the molecule is COc1cccc([C](C)CO)c1C1CC1. The summed E-state index contributed by atoms with van der Waals surface area (Å²) in [7, 11) is 1.71. The van der Waals surface area contributed by atoms with Crippen LogP contribution in [0, 0.1) is 5.92 Å². The van der Waals surface area contributed by atoms with E-state index in [1.807, 2.05) is 19.1 Å². The monoisotopic (exact) mass is 205 g/mol. The van der Waals surface area contributed by atoms with E-state index in [1.165, 1.54) is 24.0 Å². The summed E-state index contributed by atoms with van der Waals surface area (Å²) >= 11 is 0. The number of methoxy groups -OCH3 is 1. The zero-order valence-corrected chi connectivity index (χ0v) is 9.29. The summed E-state index contributed by atoms with van der Waals surface area (Å²) in [5.41, 5.74) is 2.45.